The number of aryl methyl sites for hydroxylation is 1. The van der Waals surface area contributed by atoms with Crippen LogP contribution in [0.5, 0.6) is 0 Å². The third-order valence-corrected chi connectivity index (χ3v) is 5.28. The lowest BCUT2D eigenvalue weighted by Gasteiger charge is -2.24. The van der Waals surface area contributed by atoms with Gasteiger partial charge in [-0.2, -0.15) is 0 Å². The highest BCUT2D eigenvalue weighted by atomic mass is 35.5. The maximum atomic E-state index is 12.4. The summed E-state index contributed by atoms with van der Waals surface area (Å²) < 4.78 is 0. The van der Waals surface area contributed by atoms with Crippen LogP contribution in [0.25, 0.3) is 10.9 Å². The fourth-order valence-corrected chi connectivity index (χ4v) is 3.88. The van der Waals surface area contributed by atoms with Crippen LogP contribution >= 0.6 is 11.6 Å². The number of para-hydroxylation sites is 1. The first-order valence-corrected chi connectivity index (χ1v) is 9.64. The monoisotopic (exact) mass is 397 g/mol. The molecule has 1 aromatic carbocycles. The number of carbonyl (C=O) groups excluding carboxylic acids is 2. The number of carbonyl (C=O) groups is 2. The van der Waals surface area contributed by atoms with Gasteiger partial charge in [0.25, 0.3) is 5.91 Å². The highest BCUT2D eigenvalue weighted by Crippen LogP contribution is 2.36. The van der Waals surface area contributed by atoms with Gasteiger partial charge >= 0.3 is 0 Å². The van der Waals surface area contributed by atoms with Gasteiger partial charge < -0.3 is 15.6 Å². The van der Waals surface area contributed by atoms with Gasteiger partial charge in [0.15, 0.2) is 0 Å². The number of benzene rings is 1. The average molecular weight is 398 g/mol. The fourth-order valence-electron chi connectivity index (χ4n) is 3.66. The first kappa shape index (κ1) is 18.4. The van der Waals surface area contributed by atoms with E-state index in [4.69, 9.17) is 11.6 Å². The molecule has 0 aliphatic heterocycles. The Morgan fingerprint density at radius 1 is 1.29 bits per heavy atom. The third kappa shape index (κ3) is 3.71. The molecule has 0 radical (unpaired) electrons. The molecule has 2 amide bonds. The summed E-state index contributed by atoms with van der Waals surface area (Å²) >= 11 is 6.31. The summed E-state index contributed by atoms with van der Waals surface area (Å²) in [4.78, 5) is 35.5. The van der Waals surface area contributed by atoms with E-state index in [9.17, 15) is 9.59 Å². The molecule has 144 valence electrons. The van der Waals surface area contributed by atoms with Gasteiger partial charge in [-0.05, 0) is 30.9 Å². The van der Waals surface area contributed by atoms with Gasteiger partial charge in [0.2, 0.25) is 5.91 Å². The second-order valence-electron chi connectivity index (χ2n) is 6.79. The van der Waals surface area contributed by atoms with Crippen molar-refractivity contribution < 1.29 is 9.59 Å². The SMILES string of the molecule is O=C(CCNC(=O)c1cnccn1)N[C@@H]1CCCc2c1[nH]c1c(Cl)cccc21. The number of nitrogens with zero attached hydrogens (tertiary/aromatic N) is 2. The van der Waals surface area contributed by atoms with E-state index in [1.54, 1.807) is 0 Å². The van der Waals surface area contributed by atoms with Gasteiger partial charge in [-0.1, -0.05) is 23.7 Å². The van der Waals surface area contributed by atoms with Crippen LogP contribution in [0, 0.1) is 0 Å². The van der Waals surface area contributed by atoms with Crippen molar-refractivity contribution >= 4 is 34.3 Å². The maximum absolute atomic E-state index is 12.4. The molecular formula is C20H20ClN5O2. The van der Waals surface area contributed by atoms with Gasteiger partial charge in [-0.25, -0.2) is 4.98 Å². The lowest BCUT2D eigenvalue weighted by molar-refractivity contribution is -0.121. The normalized spacial score (nSPS) is 15.8. The molecule has 1 atom stereocenters. The fraction of sp³-hybridized carbons (Fsp3) is 0.300. The van der Waals surface area contributed by atoms with Crippen molar-refractivity contribution in [2.45, 2.75) is 31.7 Å². The number of nitrogens with one attached hydrogen (secondary N) is 3. The van der Waals surface area contributed by atoms with Gasteiger partial charge in [-0.15, -0.1) is 0 Å². The molecule has 28 heavy (non-hydrogen) atoms. The Balaban J connectivity index is 1.38. The summed E-state index contributed by atoms with van der Waals surface area (Å²) in [6.45, 7) is 0.235. The summed E-state index contributed by atoms with van der Waals surface area (Å²) in [5.74, 6) is -0.451. The van der Waals surface area contributed by atoms with Crippen LogP contribution in [0.2, 0.25) is 5.02 Å². The Hall–Kier alpha value is -2.93. The standard InChI is InChI=1S/C20H20ClN5O2/c21-14-5-1-3-12-13-4-2-6-15(19(13)26-18(12)14)25-17(27)7-8-24-20(28)16-11-22-9-10-23-16/h1,3,5,9-11,15,26H,2,4,6-8H2,(H,24,28)(H,25,27)/t15-/m1/s1. The Morgan fingerprint density at radius 2 is 2.18 bits per heavy atom. The van der Waals surface area contributed by atoms with Crippen molar-refractivity contribution in [3.8, 4) is 0 Å². The van der Waals surface area contributed by atoms with Crippen LogP contribution in [-0.4, -0.2) is 33.3 Å². The minimum absolute atomic E-state index is 0.0737. The number of aromatic amines is 1. The first-order chi connectivity index (χ1) is 13.6. The lowest BCUT2D eigenvalue weighted by atomic mass is 9.91. The molecule has 3 aromatic rings. The number of rotatable bonds is 5. The molecule has 0 saturated heterocycles. The van der Waals surface area contributed by atoms with E-state index in [0.717, 1.165) is 35.9 Å². The number of aromatic nitrogens is 3. The minimum atomic E-state index is -0.342. The molecule has 2 aromatic heterocycles. The second-order valence-corrected chi connectivity index (χ2v) is 7.20. The van der Waals surface area contributed by atoms with Crippen molar-refractivity contribution in [2.75, 3.05) is 6.54 Å². The summed E-state index contributed by atoms with van der Waals surface area (Å²) in [7, 11) is 0. The Bertz CT molecular complexity index is 1020. The number of fused-ring (bicyclic) bond motifs is 3. The quantitative estimate of drug-likeness (QED) is 0.616. The van der Waals surface area contributed by atoms with Crippen LogP contribution in [0.1, 0.15) is 47.1 Å². The molecule has 2 heterocycles. The molecule has 0 saturated carbocycles. The number of amides is 2. The molecule has 8 heteroatoms. The molecule has 0 bridgehead atoms. The summed E-state index contributed by atoms with van der Waals surface area (Å²) in [6.07, 6.45) is 7.37. The van der Waals surface area contributed by atoms with Gasteiger partial charge in [0.1, 0.15) is 5.69 Å². The van der Waals surface area contributed by atoms with Crippen LogP contribution in [-0.2, 0) is 11.2 Å². The Labute approximate surface area is 166 Å². The molecule has 0 fully saturated rings. The molecule has 3 N–H and O–H groups in total. The van der Waals surface area contributed by atoms with Crippen molar-refractivity contribution in [3.63, 3.8) is 0 Å². The second kappa shape index (κ2) is 7.98. The number of hydrogen-bond donors (Lipinski definition) is 3. The van der Waals surface area contributed by atoms with Gasteiger partial charge in [-0.3, -0.25) is 14.6 Å². The molecule has 7 nitrogen and oxygen atoms in total. The van der Waals surface area contributed by atoms with E-state index < -0.39 is 0 Å². The summed E-state index contributed by atoms with van der Waals surface area (Å²) in [6, 6.07) is 5.79. The topological polar surface area (TPSA) is 99.8 Å². The van der Waals surface area contributed by atoms with Crippen LogP contribution in [0.15, 0.2) is 36.8 Å². The third-order valence-electron chi connectivity index (χ3n) is 4.96. The highest BCUT2D eigenvalue weighted by molar-refractivity contribution is 6.35. The minimum Gasteiger partial charge on any atom is -0.355 e. The van der Waals surface area contributed by atoms with E-state index in [0.29, 0.717) is 5.02 Å². The number of H-pyrrole nitrogens is 1. The van der Waals surface area contributed by atoms with Crippen LogP contribution in [0.4, 0.5) is 0 Å². The predicted molar refractivity (Wildman–Crippen MR) is 106 cm³/mol. The van der Waals surface area contributed by atoms with Crippen LogP contribution < -0.4 is 10.6 Å². The largest absolute Gasteiger partial charge is 0.355 e. The number of halogens is 1. The predicted octanol–water partition coefficient (Wildman–Crippen LogP) is 2.93. The zero-order chi connectivity index (χ0) is 19.5. The smallest absolute Gasteiger partial charge is 0.271 e. The molecule has 4 rings (SSSR count). The van der Waals surface area contributed by atoms with Crippen molar-refractivity contribution in [1.82, 2.24) is 25.6 Å². The number of hydrogen-bond acceptors (Lipinski definition) is 4. The summed E-state index contributed by atoms with van der Waals surface area (Å²) in [5.41, 5.74) is 3.41. The van der Waals surface area contributed by atoms with E-state index >= 15 is 0 Å². The van der Waals surface area contributed by atoms with Gasteiger partial charge in [0.05, 0.1) is 22.8 Å². The molecule has 1 aliphatic carbocycles. The van der Waals surface area contributed by atoms with Crippen molar-refractivity contribution in [3.05, 3.63) is 58.8 Å². The maximum Gasteiger partial charge on any atom is 0.271 e. The average Bonchev–Trinajstić information content (AvgIpc) is 3.10. The Kier molecular flexibility index (Phi) is 5.25. The van der Waals surface area contributed by atoms with E-state index in [1.165, 1.54) is 24.2 Å². The molecule has 0 spiro atoms. The van der Waals surface area contributed by atoms with E-state index in [1.807, 2.05) is 12.1 Å². The first-order valence-electron chi connectivity index (χ1n) is 9.26. The Morgan fingerprint density at radius 3 is 3.00 bits per heavy atom. The molecule has 0 unspecified atom stereocenters. The molecule has 1 aliphatic rings. The zero-order valence-electron chi connectivity index (χ0n) is 15.2. The molecular weight excluding hydrogens is 378 g/mol. The summed E-state index contributed by atoms with van der Waals surface area (Å²) in [5, 5.41) is 7.57. The van der Waals surface area contributed by atoms with Crippen molar-refractivity contribution in [1.29, 1.82) is 0 Å². The van der Waals surface area contributed by atoms with Crippen LogP contribution in [0.3, 0.4) is 0 Å². The zero-order valence-corrected chi connectivity index (χ0v) is 15.9. The van der Waals surface area contributed by atoms with Gasteiger partial charge in [0, 0.05) is 36.4 Å². The van der Waals surface area contributed by atoms with E-state index in [2.05, 4.69) is 31.7 Å². The highest BCUT2D eigenvalue weighted by Gasteiger charge is 2.26. The van der Waals surface area contributed by atoms with E-state index in [-0.39, 0.29) is 36.5 Å². The lowest BCUT2D eigenvalue weighted by Crippen LogP contribution is -2.34. The van der Waals surface area contributed by atoms with Crippen molar-refractivity contribution in [2.24, 2.45) is 0 Å².